The monoisotopic (exact) mass is 395 g/mol. The molecule has 0 aliphatic carbocycles. The molecule has 0 saturated carbocycles. The minimum Gasteiger partial charge on any atom is -0.344 e. The van der Waals surface area contributed by atoms with Gasteiger partial charge < -0.3 is 4.57 Å². The predicted molar refractivity (Wildman–Crippen MR) is 117 cm³/mol. The quantitative estimate of drug-likeness (QED) is 0.352. The molecule has 0 N–H and O–H groups in total. The molecular weight excluding hydrogens is 378 g/mol. The van der Waals surface area contributed by atoms with Gasteiger partial charge in [-0.15, -0.1) is 0 Å². The van der Waals surface area contributed by atoms with E-state index in [2.05, 4.69) is 48.0 Å². The first-order valence-electron chi connectivity index (χ1n) is 9.52. The summed E-state index contributed by atoms with van der Waals surface area (Å²) in [6.45, 7) is 0. The van der Waals surface area contributed by atoms with Crippen molar-refractivity contribution in [3.63, 3.8) is 0 Å². The minimum absolute atomic E-state index is 0.397. The SMILES string of the molecule is Cn1c2ccccc2c2ccc(-c3ccc4c(c3)S(=O)(=O)c3ccccc3-4)cc21. The summed E-state index contributed by atoms with van der Waals surface area (Å²) in [6, 6.07) is 27.7. The van der Waals surface area contributed by atoms with Crippen LogP contribution in [0.5, 0.6) is 0 Å². The highest BCUT2D eigenvalue weighted by atomic mass is 32.2. The molecule has 0 saturated heterocycles. The Morgan fingerprint density at radius 2 is 1.28 bits per heavy atom. The van der Waals surface area contributed by atoms with Crippen molar-refractivity contribution in [1.29, 1.82) is 0 Å². The summed E-state index contributed by atoms with van der Waals surface area (Å²) in [5.74, 6) is 0. The van der Waals surface area contributed by atoms with Gasteiger partial charge in [0.2, 0.25) is 9.84 Å². The molecule has 4 heteroatoms. The Kier molecular flexibility index (Phi) is 3.19. The molecule has 29 heavy (non-hydrogen) atoms. The van der Waals surface area contributed by atoms with Crippen molar-refractivity contribution >= 4 is 31.6 Å². The average molecular weight is 395 g/mol. The highest BCUT2D eigenvalue weighted by molar-refractivity contribution is 7.92. The van der Waals surface area contributed by atoms with Crippen molar-refractivity contribution in [3.8, 4) is 22.3 Å². The molecule has 0 unspecified atom stereocenters. The van der Waals surface area contributed by atoms with E-state index in [0.717, 1.165) is 27.8 Å². The topological polar surface area (TPSA) is 39.1 Å². The van der Waals surface area contributed by atoms with Gasteiger partial charge in [-0.3, -0.25) is 0 Å². The molecular formula is C25H17NO2S. The molecule has 0 fully saturated rings. The van der Waals surface area contributed by atoms with Crippen molar-refractivity contribution in [2.24, 2.45) is 7.05 Å². The standard InChI is InChI=1S/C25H17NO2S/c1-26-22-8-4-2-6-18(22)19-12-10-16(14-23(19)26)17-11-13-21-20-7-3-5-9-24(20)29(27,28)25(21)15-17/h2-15H,1H3. The van der Waals surface area contributed by atoms with E-state index in [0.29, 0.717) is 9.79 Å². The van der Waals surface area contributed by atoms with Gasteiger partial charge in [0.25, 0.3) is 0 Å². The maximum Gasteiger partial charge on any atom is 0.207 e. The van der Waals surface area contributed by atoms with Crippen LogP contribution in [0.3, 0.4) is 0 Å². The van der Waals surface area contributed by atoms with E-state index in [1.54, 1.807) is 12.1 Å². The Labute approximate surface area is 168 Å². The normalized spacial score (nSPS) is 14.2. The van der Waals surface area contributed by atoms with Gasteiger partial charge in [-0.25, -0.2) is 8.42 Å². The molecule has 0 spiro atoms. The molecule has 1 aromatic heterocycles. The summed E-state index contributed by atoms with van der Waals surface area (Å²) in [4.78, 5) is 0.796. The van der Waals surface area contributed by atoms with Crippen LogP contribution in [0.2, 0.25) is 0 Å². The number of rotatable bonds is 1. The van der Waals surface area contributed by atoms with Crippen LogP contribution in [-0.2, 0) is 16.9 Å². The van der Waals surface area contributed by atoms with Gasteiger partial charge in [-0.2, -0.15) is 0 Å². The first-order chi connectivity index (χ1) is 14.1. The van der Waals surface area contributed by atoms with Gasteiger partial charge in [0, 0.05) is 40.0 Å². The van der Waals surface area contributed by atoms with Crippen LogP contribution in [-0.4, -0.2) is 13.0 Å². The second kappa shape index (κ2) is 5.58. The molecule has 3 nitrogen and oxygen atoms in total. The number of hydrogen-bond acceptors (Lipinski definition) is 2. The maximum atomic E-state index is 13.0. The van der Waals surface area contributed by atoms with E-state index in [1.165, 1.54) is 16.3 Å². The van der Waals surface area contributed by atoms with E-state index in [1.807, 2.05) is 36.4 Å². The number of para-hydroxylation sites is 1. The maximum absolute atomic E-state index is 13.0. The zero-order valence-corrected chi connectivity index (χ0v) is 16.6. The molecule has 0 radical (unpaired) electrons. The van der Waals surface area contributed by atoms with Crippen LogP contribution in [0.4, 0.5) is 0 Å². The number of sulfone groups is 1. The lowest BCUT2D eigenvalue weighted by Crippen LogP contribution is -1.96. The number of fused-ring (bicyclic) bond motifs is 6. The van der Waals surface area contributed by atoms with Crippen molar-refractivity contribution in [3.05, 3.63) is 84.9 Å². The largest absolute Gasteiger partial charge is 0.344 e. The van der Waals surface area contributed by atoms with E-state index in [-0.39, 0.29) is 0 Å². The first-order valence-corrected chi connectivity index (χ1v) is 11.0. The third kappa shape index (κ3) is 2.15. The van der Waals surface area contributed by atoms with E-state index < -0.39 is 9.84 Å². The lowest BCUT2D eigenvalue weighted by Gasteiger charge is -2.07. The Hall–Kier alpha value is -3.37. The Morgan fingerprint density at radius 3 is 2.17 bits per heavy atom. The van der Waals surface area contributed by atoms with Gasteiger partial charge >= 0.3 is 0 Å². The van der Waals surface area contributed by atoms with E-state index in [4.69, 9.17) is 0 Å². The summed E-state index contributed by atoms with van der Waals surface area (Å²) < 4.78 is 28.3. The Bertz CT molecular complexity index is 1580. The second-order valence-electron chi connectivity index (χ2n) is 7.52. The molecule has 4 aromatic carbocycles. The second-order valence-corrected chi connectivity index (χ2v) is 9.41. The van der Waals surface area contributed by atoms with Crippen molar-refractivity contribution in [1.82, 2.24) is 4.57 Å². The number of aryl methyl sites for hydroxylation is 1. The fourth-order valence-corrected chi connectivity index (χ4v) is 6.24. The molecule has 1 aliphatic heterocycles. The summed E-state index contributed by atoms with van der Waals surface area (Å²) >= 11 is 0. The van der Waals surface area contributed by atoms with Gasteiger partial charge in [-0.1, -0.05) is 60.7 Å². The van der Waals surface area contributed by atoms with Crippen LogP contribution in [0.1, 0.15) is 0 Å². The minimum atomic E-state index is -3.47. The van der Waals surface area contributed by atoms with Gasteiger partial charge in [-0.05, 0) is 35.4 Å². The summed E-state index contributed by atoms with van der Waals surface area (Å²) in [5.41, 5.74) is 5.82. The highest BCUT2D eigenvalue weighted by Gasteiger charge is 2.32. The van der Waals surface area contributed by atoms with Crippen LogP contribution in [0.15, 0.2) is 94.7 Å². The number of hydrogen-bond donors (Lipinski definition) is 0. The van der Waals surface area contributed by atoms with Gasteiger partial charge in [0.1, 0.15) is 0 Å². The lowest BCUT2D eigenvalue weighted by molar-refractivity contribution is 0.598. The number of aromatic nitrogens is 1. The summed E-state index contributed by atoms with van der Waals surface area (Å²) in [6.07, 6.45) is 0. The molecule has 5 aromatic rings. The van der Waals surface area contributed by atoms with Gasteiger partial charge in [0.05, 0.1) is 9.79 Å². The molecule has 1 aliphatic rings. The first kappa shape index (κ1) is 16.6. The fraction of sp³-hybridized carbons (Fsp3) is 0.0400. The van der Waals surface area contributed by atoms with E-state index >= 15 is 0 Å². The number of benzene rings is 4. The molecule has 6 rings (SSSR count). The average Bonchev–Trinajstić information content (AvgIpc) is 3.17. The molecule has 140 valence electrons. The summed E-state index contributed by atoms with van der Waals surface area (Å²) in [7, 11) is -1.40. The predicted octanol–water partition coefficient (Wildman–Crippen LogP) is 5.81. The van der Waals surface area contributed by atoms with Crippen molar-refractivity contribution in [2.45, 2.75) is 9.79 Å². The third-order valence-electron chi connectivity index (χ3n) is 5.99. The fourth-order valence-electron chi connectivity index (χ4n) is 4.53. The van der Waals surface area contributed by atoms with Crippen LogP contribution < -0.4 is 0 Å². The van der Waals surface area contributed by atoms with Crippen LogP contribution >= 0.6 is 0 Å². The highest BCUT2D eigenvalue weighted by Crippen LogP contribution is 2.44. The van der Waals surface area contributed by atoms with Crippen LogP contribution in [0.25, 0.3) is 44.1 Å². The smallest absolute Gasteiger partial charge is 0.207 e. The number of nitrogens with zero attached hydrogens (tertiary/aromatic N) is 1. The zero-order valence-electron chi connectivity index (χ0n) is 15.8. The van der Waals surface area contributed by atoms with E-state index in [9.17, 15) is 8.42 Å². The van der Waals surface area contributed by atoms with Gasteiger partial charge in [0.15, 0.2) is 0 Å². The molecule has 0 bridgehead atoms. The van der Waals surface area contributed by atoms with Crippen LogP contribution in [0, 0.1) is 0 Å². The molecule has 0 atom stereocenters. The third-order valence-corrected chi connectivity index (χ3v) is 7.84. The van der Waals surface area contributed by atoms with Crippen molar-refractivity contribution in [2.75, 3.05) is 0 Å². The Morgan fingerprint density at radius 1 is 0.621 bits per heavy atom. The van der Waals surface area contributed by atoms with Crippen molar-refractivity contribution < 1.29 is 8.42 Å². The molecule has 2 heterocycles. The zero-order chi connectivity index (χ0) is 19.8. The summed E-state index contributed by atoms with van der Waals surface area (Å²) in [5, 5.41) is 2.43. The Balaban J connectivity index is 1.57. The lowest BCUT2D eigenvalue weighted by atomic mass is 9.99. The molecule has 0 amide bonds.